The van der Waals surface area contributed by atoms with E-state index in [0.717, 1.165) is 0 Å². The predicted octanol–water partition coefficient (Wildman–Crippen LogP) is 2.39. The minimum atomic E-state index is -1.20. The van der Waals surface area contributed by atoms with Gasteiger partial charge in [0.05, 0.1) is 0 Å². The van der Waals surface area contributed by atoms with E-state index in [0.29, 0.717) is 12.8 Å². The summed E-state index contributed by atoms with van der Waals surface area (Å²) in [5, 5.41) is 3.28. The zero-order valence-electron chi connectivity index (χ0n) is 16.2. The van der Waals surface area contributed by atoms with Gasteiger partial charge < -0.3 is 14.3 Å². The molecule has 138 valence electrons. The molecule has 2 fully saturated rings. The molecule has 0 aromatic heterocycles. The number of esters is 2. The van der Waals surface area contributed by atoms with Gasteiger partial charge in [0.15, 0.2) is 0 Å². The summed E-state index contributed by atoms with van der Waals surface area (Å²) < 4.78 is 11.0. The molecular weight excluding hydrogens is 310 g/mol. The minimum absolute atomic E-state index is 0.0316. The molecule has 0 saturated carbocycles. The van der Waals surface area contributed by atoms with Crippen molar-refractivity contribution in [2.24, 2.45) is 5.41 Å². The van der Waals surface area contributed by atoms with Crippen LogP contribution in [0.25, 0.3) is 0 Å². The Labute approximate surface area is 144 Å². The van der Waals surface area contributed by atoms with Gasteiger partial charge >= 0.3 is 11.9 Å². The third-order valence-electron chi connectivity index (χ3n) is 4.56. The van der Waals surface area contributed by atoms with E-state index in [4.69, 9.17) is 14.3 Å². The van der Waals surface area contributed by atoms with E-state index in [1.807, 2.05) is 34.5 Å². The molecule has 0 aromatic rings. The second-order valence-electron chi connectivity index (χ2n) is 9.34. The molecule has 0 bridgehead atoms. The summed E-state index contributed by atoms with van der Waals surface area (Å²) in [5.74, 6) is -0.820. The summed E-state index contributed by atoms with van der Waals surface area (Å²) in [4.78, 5) is 33.0. The highest BCUT2D eigenvalue weighted by Gasteiger charge is 2.69. The Morgan fingerprint density at radius 2 is 1.67 bits per heavy atom. The quantitative estimate of drug-likeness (QED) is 0.626. The van der Waals surface area contributed by atoms with E-state index < -0.39 is 22.7 Å². The van der Waals surface area contributed by atoms with Crippen LogP contribution in [0, 0.1) is 5.41 Å². The van der Waals surface area contributed by atoms with Gasteiger partial charge in [0, 0.05) is 12.0 Å². The Balaban J connectivity index is 0.00000139. The van der Waals surface area contributed by atoms with E-state index in [2.05, 4.69) is 26.1 Å². The van der Waals surface area contributed by atoms with Gasteiger partial charge in [-0.3, -0.25) is 5.32 Å². The van der Waals surface area contributed by atoms with Crippen molar-refractivity contribution < 1.29 is 23.9 Å². The summed E-state index contributed by atoms with van der Waals surface area (Å²) in [7, 11) is 0. The fourth-order valence-electron chi connectivity index (χ4n) is 3.59. The molecule has 2 rings (SSSR count). The van der Waals surface area contributed by atoms with Crippen molar-refractivity contribution in [3.8, 4) is 0 Å². The third kappa shape index (κ3) is 3.79. The summed E-state index contributed by atoms with van der Waals surface area (Å²) in [6.45, 7) is 17.5. The minimum Gasteiger partial charge on any atom is -0.457 e. The van der Waals surface area contributed by atoms with Gasteiger partial charge in [-0.1, -0.05) is 20.8 Å². The average molecular weight is 341 g/mol. The highest BCUT2D eigenvalue weighted by atomic mass is 16.6. The molecule has 0 amide bonds. The molecule has 2 aliphatic rings. The number of ether oxygens (including phenoxy) is 2. The Kier molecular flexibility index (Phi) is 5.01. The molecule has 2 atom stereocenters. The van der Waals surface area contributed by atoms with Crippen LogP contribution in [-0.4, -0.2) is 41.0 Å². The predicted molar refractivity (Wildman–Crippen MR) is 90.4 cm³/mol. The normalized spacial score (nSPS) is 33.1. The molecule has 2 unspecified atom stereocenters. The van der Waals surface area contributed by atoms with Crippen molar-refractivity contribution in [2.75, 3.05) is 0 Å². The Morgan fingerprint density at radius 1 is 1.21 bits per heavy atom. The van der Waals surface area contributed by atoms with Crippen molar-refractivity contribution >= 4 is 18.7 Å². The summed E-state index contributed by atoms with van der Waals surface area (Å²) in [6, 6.07) is 0. The first-order valence-electron chi connectivity index (χ1n) is 8.18. The third-order valence-corrected chi connectivity index (χ3v) is 4.56. The number of carbonyl (C=O) groups is 3. The first kappa shape index (κ1) is 20.6. The van der Waals surface area contributed by atoms with Crippen LogP contribution in [0.1, 0.15) is 68.2 Å². The summed E-state index contributed by atoms with van der Waals surface area (Å²) in [5.41, 5.74) is -2.90. The molecule has 2 heterocycles. The fourth-order valence-corrected chi connectivity index (χ4v) is 3.59. The Hall–Kier alpha value is -1.43. The largest absolute Gasteiger partial charge is 0.457 e. The lowest BCUT2D eigenvalue weighted by Crippen LogP contribution is -2.45. The summed E-state index contributed by atoms with van der Waals surface area (Å²) >= 11 is 0. The monoisotopic (exact) mass is 341 g/mol. The first-order valence-corrected chi connectivity index (χ1v) is 8.18. The number of hydrogen-bond acceptors (Lipinski definition) is 6. The molecule has 0 spiro atoms. The number of cyclic esters (lactones) is 1. The maximum Gasteiger partial charge on any atom is 0.351 e. The zero-order chi connectivity index (χ0) is 19.2. The van der Waals surface area contributed by atoms with Crippen molar-refractivity contribution in [3.05, 3.63) is 0 Å². The van der Waals surface area contributed by atoms with Crippen molar-refractivity contribution in [2.45, 2.75) is 90.5 Å². The lowest BCUT2D eigenvalue weighted by Gasteiger charge is -2.29. The molecule has 6 heteroatoms. The Bertz CT molecular complexity index is 534. The zero-order valence-corrected chi connectivity index (χ0v) is 16.2. The van der Waals surface area contributed by atoms with Crippen LogP contribution in [0.2, 0.25) is 0 Å². The Morgan fingerprint density at radius 3 is 1.96 bits per heavy atom. The number of rotatable bonds is 3. The molecule has 2 aliphatic heterocycles. The maximum atomic E-state index is 12.8. The molecule has 0 aliphatic carbocycles. The van der Waals surface area contributed by atoms with Crippen LogP contribution in [0.15, 0.2) is 0 Å². The number of hydrogen-bond donors (Lipinski definition) is 1. The molecular formula is C18H31NO5. The fraction of sp³-hybridized carbons (Fsp3) is 0.833. The molecule has 0 radical (unpaired) electrons. The van der Waals surface area contributed by atoms with Crippen LogP contribution in [0.4, 0.5) is 0 Å². The van der Waals surface area contributed by atoms with E-state index in [1.54, 1.807) is 6.92 Å². The number of carbonyl (C=O) groups excluding carboxylic acids is 3. The second kappa shape index (κ2) is 5.83. The molecule has 24 heavy (non-hydrogen) atoms. The van der Waals surface area contributed by atoms with Gasteiger partial charge in [0.25, 0.3) is 0 Å². The van der Waals surface area contributed by atoms with Gasteiger partial charge in [0.2, 0.25) is 5.60 Å². The van der Waals surface area contributed by atoms with E-state index in [9.17, 15) is 9.59 Å². The standard InChI is InChI=1S/C17H29NO4.CH2O/c1-13(2,3)9-17(15(6,7)18-17)12(20)22-16(8)10-14(4,5)21-11(16)19;1-2/h18H,9-10H2,1-8H3;1H2. The molecule has 1 N–H and O–H groups in total. The van der Waals surface area contributed by atoms with Crippen LogP contribution in [0.5, 0.6) is 0 Å². The van der Waals surface area contributed by atoms with Crippen LogP contribution >= 0.6 is 0 Å². The molecule has 0 aromatic carbocycles. The van der Waals surface area contributed by atoms with E-state index in [-0.39, 0.29) is 16.9 Å². The first-order chi connectivity index (χ1) is 10.6. The van der Waals surface area contributed by atoms with Crippen molar-refractivity contribution in [3.63, 3.8) is 0 Å². The maximum absolute atomic E-state index is 12.8. The highest BCUT2D eigenvalue weighted by molar-refractivity contribution is 5.92. The molecule has 6 nitrogen and oxygen atoms in total. The van der Waals surface area contributed by atoms with Gasteiger partial charge in [-0.25, -0.2) is 9.59 Å². The van der Waals surface area contributed by atoms with Gasteiger partial charge in [-0.05, 0) is 46.5 Å². The van der Waals surface area contributed by atoms with Crippen molar-refractivity contribution in [1.82, 2.24) is 5.32 Å². The SMILES string of the molecule is C=O.CC(C)(C)CC1(C(=O)OC2(C)CC(C)(C)OC2=O)NC1(C)C. The lowest BCUT2D eigenvalue weighted by atomic mass is 9.79. The van der Waals surface area contributed by atoms with Crippen LogP contribution in [0.3, 0.4) is 0 Å². The van der Waals surface area contributed by atoms with Crippen LogP contribution < -0.4 is 5.32 Å². The lowest BCUT2D eigenvalue weighted by molar-refractivity contribution is -0.174. The smallest absolute Gasteiger partial charge is 0.351 e. The van der Waals surface area contributed by atoms with E-state index in [1.165, 1.54) is 0 Å². The van der Waals surface area contributed by atoms with Gasteiger partial charge in [-0.15, -0.1) is 0 Å². The highest BCUT2D eigenvalue weighted by Crippen LogP contribution is 2.48. The molecule has 2 saturated heterocycles. The van der Waals surface area contributed by atoms with E-state index >= 15 is 0 Å². The topological polar surface area (TPSA) is 91.6 Å². The van der Waals surface area contributed by atoms with Crippen molar-refractivity contribution in [1.29, 1.82) is 0 Å². The number of nitrogens with one attached hydrogen (secondary N) is 1. The average Bonchev–Trinajstić information content (AvgIpc) is 2.81. The van der Waals surface area contributed by atoms with Gasteiger partial charge in [-0.2, -0.15) is 0 Å². The second-order valence-corrected chi connectivity index (χ2v) is 9.34. The summed E-state index contributed by atoms with van der Waals surface area (Å²) in [6.07, 6.45) is 1.02. The van der Waals surface area contributed by atoms with Gasteiger partial charge in [0.1, 0.15) is 17.9 Å². The van der Waals surface area contributed by atoms with Crippen LogP contribution in [-0.2, 0) is 23.9 Å².